The van der Waals surface area contributed by atoms with E-state index >= 15 is 0 Å². The molecule has 6 nitrogen and oxygen atoms in total. The van der Waals surface area contributed by atoms with E-state index in [0.717, 1.165) is 5.56 Å². The Bertz CT molecular complexity index is 979. The molecule has 7 heteroatoms. The van der Waals surface area contributed by atoms with Crippen LogP contribution >= 0.6 is 0 Å². The lowest BCUT2D eigenvalue weighted by Gasteiger charge is -2.19. The van der Waals surface area contributed by atoms with Crippen LogP contribution in [0.5, 0.6) is 0 Å². The van der Waals surface area contributed by atoms with Crippen molar-refractivity contribution in [3.63, 3.8) is 0 Å². The molecule has 1 aromatic heterocycles. The van der Waals surface area contributed by atoms with Crippen molar-refractivity contribution in [1.82, 2.24) is 15.1 Å². The molecule has 2 aromatic carbocycles. The topological polar surface area (TPSA) is 90.0 Å². The second-order valence-corrected chi connectivity index (χ2v) is 6.75. The molecule has 0 spiro atoms. The fourth-order valence-corrected chi connectivity index (χ4v) is 2.97. The first-order valence-corrected chi connectivity index (χ1v) is 8.67. The number of nitrogens with one attached hydrogen (secondary N) is 1. The first-order chi connectivity index (χ1) is 12.9. The smallest absolute Gasteiger partial charge is 0.270 e. The summed E-state index contributed by atoms with van der Waals surface area (Å²) < 4.78 is 14.7. The standard InChI is InChI=1S/C20H21FN4O2/c1-12(2)17(19(22)26)23-20(27)18-15-5-3-4-6-16(15)24-25(18)11-13-7-9-14(21)10-8-13/h3-10,12,17H,11H2,1-2H3,(H2,22,26)(H,23,27)/t17-/m0/s1. The molecule has 2 amide bonds. The number of hydrogen-bond donors (Lipinski definition) is 2. The third-order valence-electron chi connectivity index (χ3n) is 4.37. The van der Waals surface area contributed by atoms with E-state index in [1.165, 1.54) is 12.1 Å². The van der Waals surface area contributed by atoms with Crippen molar-refractivity contribution in [2.24, 2.45) is 11.7 Å². The zero-order valence-electron chi connectivity index (χ0n) is 15.1. The summed E-state index contributed by atoms with van der Waals surface area (Å²) in [5, 5.41) is 7.88. The second-order valence-electron chi connectivity index (χ2n) is 6.75. The molecule has 1 atom stereocenters. The Kier molecular flexibility index (Phi) is 5.21. The normalized spacial score (nSPS) is 12.3. The molecular formula is C20H21FN4O2. The van der Waals surface area contributed by atoms with Gasteiger partial charge < -0.3 is 11.1 Å². The van der Waals surface area contributed by atoms with Crippen molar-refractivity contribution in [3.8, 4) is 0 Å². The Hall–Kier alpha value is -3.22. The van der Waals surface area contributed by atoms with E-state index in [0.29, 0.717) is 23.1 Å². The maximum absolute atomic E-state index is 13.2. The van der Waals surface area contributed by atoms with Crippen molar-refractivity contribution in [2.75, 3.05) is 0 Å². The van der Waals surface area contributed by atoms with Crippen LogP contribution in [-0.4, -0.2) is 27.6 Å². The molecular weight excluding hydrogens is 347 g/mol. The maximum atomic E-state index is 13.2. The number of primary amides is 1. The third kappa shape index (κ3) is 3.97. The van der Waals surface area contributed by atoms with Crippen LogP contribution < -0.4 is 11.1 Å². The van der Waals surface area contributed by atoms with Gasteiger partial charge in [-0.1, -0.05) is 44.2 Å². The monoisotopic (exact) mass is 368 g/mol. The Morgan fingerprint density at radius 3 is 2.44 bits per heavy atom. The van der Waals surface area contributed by atoms with Crippen LogP contribution in [-0.2, 0) is 11.3 Å². The first-order valence-electron chi connectivity index (χ1n) is 8.67. The van der Waals surface area contributed by atoms with E-state index in [1.807, 2.05) is 26.0 Å². The molecule has 0 aliphatic carbocycles. The molecule has 0 fully saturated rings. The van der Waals surface area contributed by atoms with Crippen LogP contribution in [0.1, 0.15) is 29.9 Å². The number of hydrogen-bond acceptors (Lipinski definition) is 3. The lowest BCUT2D eigenvalue weighted by atomic mass is 10.0. The molecule has 27 heavy (non-hydrogen) atoms. The molecule has 0 aliphatic heterocycles. The molecule has 0 saturated heterocycles. The van der Waals surface area contributed by atoms with Crippen LogP contribution in [0.4, 0.5) is 4.39 Å². The number of rotatable bonds is 6. The largest absolute Gasteiger partial charge is 0.368 e. The van der Waals surface area contributed by atoms with Crippen LogP contribution in [0.3, 0.4) is 0 Å². The number of aromatic nitrogens is 2. The summed E-state index contributed by atoms with van der Waals surface area (Å²) in [6, 6.07) is 12.5. The van der Waals surface area contributed by atoms with E-state index in [4.69, 9.17) is 5.73 Å². The van der Waals surface area contributed by atoms with Gasteiger partial charge in [0.15, 0.2) is 0 Å². The number of fused-ring (bicyclic) bond motifs is 1. The molecule has 0 bridgehead atoms. The predicted octanol–water partition coefficient (Wildman–Crippen LogP) is 2.46. The number of nitrogens with two attached hydrogens (primary N) is 1. The minimum atomic E-state index is -0.787. The van der Waals surface area contributed by atoms with Gasteiger partial charge in [-0.2, -0.15) is 5.10 Å². The summed E-state index contributed by atoms with van der Waals surface area (Å²) in [7, 11) is 0. The lowest BCUT2D eigenvalue weighted by molar-refractivity contribution is -0.120. The molecule has 0 radical (unpaired) electrons. The van der Waals surface area contributed by atoms with E-state index in [-0.39, 0.29) is 11.7 Å². The van der Waals surface area contributed by atoms with Crippen LogP contribution in [0, 0.1) is 11.7 Å². The Morgan fingerprint density at radius 2 is 1.81 bits per heavy atom. The Balaban J connectivity index is 2.00. The van der Waals surface area contributed by atoms with Gasteiger partial charge in [-0.25, -0.2) is 4.39 Å². The summed E-state index contributed by atoms with van der Waals surface area (Å²) in [5.74, 6) is -1.50. The summed E-state index contributed by atoms with van der Waals surface area (Å²) >= 11 is 0. The van der Waals surface area contributed by atoms with Gasteiger partial charge in [-0.15, -0.1) is 0 Å². The van der Waals surface area contributed by atoms with Gasteiger partial charge in [-0.05, 0) is 29.7 Å². The highest BCUT2D eigenvalue weighted by Crippen LogP contribution is 2.20. The number of carbonyl (C=O) groups is 2. The summed E-state index contributed by atoms with van der Waals surface area (Å²) in [5.41, 5.74) is 7.21. The zero-order valence-corrected chi connectivity index (χ0v) is 15.1. The molecule has 0 unspecified atom stereocenters. The van der Waals surface area contributed by atoms with Gasteiger partial charge in [-0.3, -0.25) is 14.3 Å². The number of nitrogens with zero attached hydrogens (tertiary/aromatic N) is 2. The van der Waals surface area contributed by atoms with Gasteiger partial charge in [0.05, 0.1) is 12.1 Å². The van der Waals surface area contributed by atoms with Gasteiger partial charge in [0, 0.05) is 5.39 Å². The van der Waals surface area contributed by atoms with E-state index < -0.39 is 17.9 Å². The highest BCUT2D eigenvalue weighted by molar-refractivity contribution is 6.06. The number of carbonyl (C=O) groups excluding carboxylic acids is 2. The molecule has 1 heterocycles. The van der Waals surface area contributed by atoms with Crippen molar-refractivity contribution in [2.45, 2.75) is 26.4 Å². The molecule has 3 aromatic rings. The summed E-state index contributed by atoms with van der Waals surface area (Å²) in [4.78, 5) is 24.6. The van der Waals surface area contributed by atoms with Crippen molar-refractivity contribution in [3.05, 3.63) is 65.6 Å². The SMILES string of the molecule is CC(C)[C@H](NC(=O)c1c2ccccc2nn1Cc1ccc(F)cc1)C(N)=O. The molecule has 3 N–H and O–H groups in total. The Labute approximate surface area is 156 Å². The van der Waals surface area contributed by atoms with Gasteiger partial charge >= 0.3 is 0 Å². The van der Waals surface area contributed by atoms with E-state index in [2.05, 4.69) is 10.4 Å². The van der Waals surface area contributed by atoms with Crippen molar-refractivity contribution < 1.29 is 14.0 Å². The third-order valence-corrected chi connectivity index (χ3v) is 4.37. The van der Waals surface area contributed by atoms with E-state index in [1.54, 1.807) is 28.9 Å². The van der Waals surface area contributed by atoms with E-state index in [9.17, 15) is 14.0 Å². The quantitative estimate of drug-likeness (QED) is 0.700. The van der Waals surface area contributed by atoms with Crippen molar-refractivity contribution >= 4 is 22.7 Å². The van der Waals surface area contributed by atoms with Crippen LogP contribution in [0.2, 0.25) is 0 Å². The van der Waals surface area contributed by atoms with Crippen molar-refractivity contribution in [1.29, 1.82) is 0 Å². The fourth-order valence-electron chi connectivity index (χ4n) is 2.97. The average Bonchev–Trinajstić information content (AvgIpc) is 2.98. The molecule has 0 saturated carbocycles. The number of halogens is 1. The lowest BCUT2D eigenvalue weighted by Crippen LogP contribution is -2.48. The molecule has 140 valence electrons. The van der Waals surface area contributed by atoms with Gasteiger partial charge in [0.25, 0.3) is 5.91 Å². The van der Waals surface area contributed by atoms with Crippen LogP contribution in [0.15, 0.2) is 48.5 Å². The minimum absolute atomic E-state index is 0.147. The van der Waals surface area contributed by atoms with Gasteiger partial charge in [0.2, 0.25) is 5.91 Å². The fraction of sp³-hybridized carbons (Fsp3) is 0.250. The number of amides is 2. The molecule has 0 aliphatic rings. The van der Waals surface area contributed by atoms with Crippen LogP contribution in [0.25, 0.3) is 10.9 Å². The highest BCUT2D eigenvalue weighted by Gasteiger charge is 2.26. The Morgan fingerprint density at radius 1 is 1.15 bits per heavy atom. The first kappa shape index (κ1) is 18.6. The van der Waals surface area contributed by atoms with Gasteiger partial charge in [0.1, 0.15) is 17.6 Å². The summed E-state index contributed by atoms with van der Waals surface area (Å²) in [6.45, 7) is 3.91. The second kappa shape index (κ2) is 7.57. The minimum Gasteiger partial charge on any atom is -0.368 e. The average molecular weight is 368 g/mol. The summed E-state index contributed by atoms with van der Waals surface area (Å²) in [6.07, 6.45) is 0. The predicted molar refractivity (Wildman–Crippen MR) is 101 cm³/mol. The maximum Gasteiger partial charge on any atom is 0.270 e. The number of benzene rings is 2. The zero-order chi connectivity index (χ0) is 19.6. The highest BCUT2D eigenvalue weighted by atomic mass is 19.1. The molecule has 3 rings (SSSR count).